The molecule has 2 aromatic heterocycles. The highest BCUT2D eigenvalue weighted by atomic mass is 16.1. The number of pyridine rings is 2. The molecule has 5 aromatic rings. The summed E-state index contributed by atoms with van der Waals surface area (Å²) in [5, 5.41) is 4.20. The van der Waals surface area contributed by atoms with Crippen molar-refractivity contribution in [3.8, 4) is 11.1 Å². The van der Waals surface area contributed by atoms with Crippen LogP contribution in [0, 0.1) is 0 Å². The van der Waals surface area contributed by atoms with Gasteiger partial charge in [-0.05, 0) is 76.2 Å². The summed E-state index contributed by atoms with van der Waals surface area (Å²) in [4.78, 5) is 22.2. The second kappa shape index (κ2) is 11.0. The van der Waals surface area contributed by atoms with Gasteiger partial charge in [-0.3, -0.25) is 14.8 Å². The van der Waals surface area contributed by atoms with Gasteiger partial charge in [0.1, 0.15) is 0 Å². The highest BCUT2D eigenvalue weighted by Gasteiger charge is 2.14. The molecule has 0 aliphatic carbocycles. The Labute approximate surface area is 217 Å². The standard InChI is InChI=1S/C33H29N3O/c1-23(2)29-20-28-12-7-15-35-32(28)30(21-29)27-11-6-10-25(18-27)19-31(26-13-16-34-17-14-26)33(37)36-22-24-8-4-3-5-9-24/h3-21,23H,22H2,1-2H3,(H,36,37). The van der Waals surface area contributed by atoms with Crippen LogP contribution in [0.1, 0.15) is 42.0 Å². The third-order valence-corrected chi connectivity index (χ3v) is 6.43. The highest BCUT2D eigenvalue weighted by Crippen LogP contribution is 2.32. The molecule has 0 saturated carbocycles. The molecule has 0 aliphatic heterocycles. The van der Waals surface area contributed by atoms with Crippen LogP contribution in [0.5, 0.6) is 0 Å². The Morgan fingerprint density at radius 3 is 2.46 bits per heavy atom. The number of hydrogen-bond donors (Lipinski definition) is 1. The maximum absolute atomic E-state index is 13.4. The number of hydrogen-bond acceptors (Lipinski definition) is 3. The smallest absolute Gasteiger partial charge is 0.252 e. The number of carbonyl (C=O) groups excluding carboxylic acids is 1. The van der Waals surface area contributed by atoms with Crippen LogP contribution in [0.2, 0.25) is 0 Å². The lowest BCUT2D eigenvalue weighted by Gasteiger charge is -2.13. The summed E-state index contributed by atoms with van der Waals surface area (Å²) in [6, 6.07) is 30.5. The van der Waals surface area contributed by atoms with Crippen LogP contribution < -0.4 is 5.32 Å². The molecule has 0 spiro atoms. The average Bonchev–Trinajstić information content (AvgIpc) is 2.95. The third-order valence-electron chi connectivity index (χ3n) is 6.43. The lowest BCUT2D eigenvalue weighted by Crippen LogP contribution is -2.23. The predicted octanol–water partition coefficient (Wildman–Crippen LogP) is 7.28. The van der Waals surface area contributed by atoms with E-state index in [0.29, 0.717) is 18.0 Å². The van der Waals surface area contributed by atoms with E-state index in [-0.39, 0.29) is 5.91 Å². The van der Waals surface area contributed by atoms with Crippen LogP contribution in [0.3, 0.4) is 0 Å². The van der Waals surface area contributed by atoms with E-state index < -0.39 is 0 Å². The van der Waals surface area contributed by atoms with Gasteiger partial charge in [0, 0.05) is 41.7 Å². The Morgan fingerprint density at radius 1 is 0.865 bits per heavy atom. The Balaban J connectivity index is 1.54. The molecule has 0 aliphatic rings. The zero-order valence-electron chi connectivity index (χ0n) is 21.1. The fourth-order valence-corrected chi connectivity index (χ4v) is 4.42. The fraction of sp³-hybridized carbons (Fsp3) is 0.121. The van der Waals surface area contributed by atoms with E-state index in [1.807, 2.05) is 72.9 Å². The second-order valence-electron chi connectivity index (χ2n) is 9.39. The van der Waals surface area contributed by atoms with Gasteiger partial charge in [-0.2, -0.15) is 0 Å². The minimum Gasteiger partial charge on any atom is -0.348 e. The first-order chi connectivity index (χ1) is 18.1. The van der Waals surface area contributed by atoms with Gasteiger partial charge in [-0.25, -0.2) is 0 Å². The highest BCUT2D eigenvalue weighted by molar-refractivity contribution is 6.24. The molecule has 0 bridgehead atoms. The Kier molecular flexibility index (Phi) is 7.18. The summed E-state index contributed by atoms with van der Waals surface area (Å²) < 4.78 is 0. The largest absolute Gasteiger partial charge is 0.348 e. The van der Waals surface area contributed by atoms with Crippen molar-refractivity contribution in [2.24, 2.45) is 0 Å². The molecule has 0 radical (unpaired) electrons. The van der Waals surface area contributed by atoms with Crippen molar-refractivity contribution >= 4 is 28.5 Å². The van der Waals surface area contributed by atoms with Crippen molar-refractivity contribution in [3.05, 3.63) is 132 Å². The van der Waals surface area contributed by atoms with E-state index in [1.165, 1.54) is 5.56 Å². The summed E-state index contributed by atoms with van der Waals surface area (Å²) in [5.74, 6) is 0.271. The summed E-state index contributed by atoms with van der Waals surface area (Å²) in [6.45, 7) is 4.87. The molecule has 4 heteroatoms. The number of nitrogens with zero attached hydrogens (tertiary/aromatic N) is 2. The molecular weight excluding hydrogens is 454 g/mol. The SMILES string of the molecule is CC(C)c1cc(-c2cccc(C=C(C(=O)NCc3ccccc3)c3ccncc3)c2)c2ncccc2c1. The molecule has 0 atom stereocenters. The molecule has 1 N–H and O–H groups in total. The average molecular weight is 484 g/mol. The number of nitrogens with one attached hydrogen (secondary N) is 1. The van der Waals surface area contributed by atoms with E-state index >= 15 is 0 Å². The summed E-state index contributed by atoms with van der Waals surface area (Å²) in [7, 11) is 0. The first kappa shape index (κ1) is 24.1. The molecule has 182 valence electrons. The number of fused-ring (bicyclic) bond motifs is 1. The van der Waals surface area contributed by atoms with Gasteiger partial charge in [0.25, 0.3) is 5.91 Å². The lowest BCUT2D eigenvalue weighted by molar-refractivity contribution is -0.115. The molecule has 3 aromatic carbocycles. The lowest BCUT2D eigenvalue weighted by atomic mass is 9.93. The van der Waals surface area contributed by atoms with Crippen molar-refractivity contribution in [1.29, 1.82) is 0 Å². The maximum atomic E-state index is 13.4. The molecule has 4 nitrogen and oxygen atoms in total. The van der Waals surface area contributed by atoms with Crippen molar-refractivity contribution < 1.29 is 4.79 Å². The van der Waals surface area contributed by atoms with Crippen molar-refractivity contribution in [3.63, 3.8) is 0 Å². The van der Waals surface area contributed by atoms with E-state index in [1.54, 1.807) is 12.4 Å². The van der Waals surface area contributed by atoms with E-state index in [0.717, 1.165) is 38.7 Å². The number of benzene rings is 3. The van der Waals surface area contributed by atoms with Gasteiger partial charge in [0.05, 0.1) is 5.52 Å². The molecular formula is C33H29N3O. The number of rotatable bonds is 7. The van der Waals surface area contributed by atoms with Gasteiger partial charge in [0.2, 0.25) is 0 Å². The number of carbonyl (C=O) groups is 1. The minimum absolute atomic E-state index is 0.130. The normalized spacial score (nSPS) is 11.6. The van der Waals surface area contributed by atoms with Gasteiger partial charge >= 0.3 is 0 Å². The van der Waals surface area contributed by atoms with Crippen molar-refractivity contribution in [2.45, 2.75) is 26.3 Å². The van der Waals surface area contributed by atoms with E-state index in [4.69, 9.17) is 4.98 Å². The zero-order chi connectivity index (χ0) is 25.6. The Hall–Kier alpha value is -4.57. The Bertz CT molecular complexity index is 1560. The number of aromatic nitrogens is 2. The molecule has 0 saturated heterocycles. The van der Waals surface area contributed by atoms with Gasteiger partial charge < -0.3 is 5.32 Å². The van der Waals surface area contributed by atoms with Crippen LogP contribution in [0.15, 0.2) is 110 Å². The summed E-state index contributed by atoms with van der Waals surface area (Å²) >= 11 is 0. The molecule has 1 amide bonds. The van der Waals surface area contributed by atoms with E-state index in [9.17, 15) is 4.79 Å². The van der Waals surface area contributed by atoms with Gasteiger partial charge in [0.15, 0.2) is 0 Å². The summed E-state index contributed by atoms with van der Waals surface area (Å²) in [6.07, 6.45) is 7.20. The fourth-order valence-electron chi connectivity index (χ4n) is 4.42. The van der Waals surface area contributed by atoms with Crippen molar-refractivity contribution in [2.75, 3.05) is 0 Å². The molecule has 0 fully saturated rings. The van der Waals surface area contributed by atoms with Crippen LogP contribution >= 0.6 is 0 Å². The first-order valence-electron chi connectivity index (χ1n) is 12.5. The second-order valence-corrected chi connectivity index (χ2v) is 9.39. The first-order valence-corrected chi connectivity index (χ1v) is 12.5. The quantitative estimate of drug-likeness (QED) is 0.248. The predicted molar refractivity (Wildman–Crippen MR) is 152 cm³/mol. The van der Waals surface area contributed by atoms with Gasteiger partial charge in [-0.1, -0.05) is 68.4 Å². The molecule has 37 heavy (non-hydrogen) atoms. The third kappa shape index (κ3) is 5.65. The number of amides is 1. The van der Waals surface area contributed by atoms with Gasteiger partial charge in [-0.15, -0.1) is 0 Å². The van der Waals surface area contributed by atoms with Crippen LogP contribution in [0.25, 0.3) is 33.7 Å². The van der Waals surface area contributed by atoms with Crippen LogP contribution in [-0.4, -0.2) is 15.9 Å². The van der Waals surface area contributed by atoms with Crippen LogP contribution in [-0.2, 0) is 11.3 Å². The molecule has 0 unspecified atom stereocenters. The van der Waals surface area contributed by atoms with Crippen molar-refractivity contribution in [1.82, 2.24) is 15.3 Å². The molecule has 2 heterocycles. The maximum Gasteiger partial charge on any atom is 0.252 e. The minimum atomic E-state index is -0.130. The molecule has 5 rings (SSSR count). The topological polar surface area (TPSA) is 54.9 Å². The zero-order valence-corrected chi connectivity index (χ0v) is 21.1. The monoisotopic (exact) mass is 483 g/mol. The van der Waals surface area contributed by atoms with E-state index in [2.05, 4.69) is 54.5 Å². The van der Waals surface area contributed by atoms with Crippen LogP contribution in [0.4, 0.5) is 0 Å². The summed E-state index contributed by atoms with van der Waals surface area (Å²) in [5.41, 5.74) is 7.82. The Morgan fingerprint density at radius 2 is 1.68 bits per heavy atom.